The van der Waals surface area contributed by atoms with Crippen molar-refractivity contribution in [1.29, 1.82) is 0 Å². The number of carbonyl (C=O) groups excluding carboxylic acids is 1. The van der Waals surface area contributed by atoms with Crippen LogP contribution in [-0.4, -0.2) is 12.6 Å². The highest BCUT2D eigenvalue weighted by atomic mass is 16.1. The van der Waals surface area contributed by atoms with E-state index in [1.165, 1.54) is 0 Å². The molecule has 2 rings (SSSR count). The standard InChI is InChI=1S/C18H20N2O/c1-5-15-12(3)17(18(19)21)11(2)9-16(15)13-7-6-8-14(10-13)20-4/h6-10H,4-5H2,1-3H3,(H2,19,21). The molecule has 0 saturated heterocycles. The van der Waals surface area contributed by atoms with Gasteiger partial charge in [-0.05, 0) is 66.9 Å². The lowest BCUT2D eigenvalue weighted by molar-refractivity contribution is 0.0999. The fourth-order valence-corrected chi connectivity index (χ4v) is 2.89. The molecular formula is C18H20N2O. The van der Waals surface area contributed by atoms with Gasteiger partial charge in [-0.3, -0.25) is 9.79 Å². The summed E-state index contributed by atoms with van der Waals surface area (Å²) in [4.78, 5) is 15.6. The summed E-state index contributed by atoms with van der Waals surface area (Å²) in [5.41, 5.74) is 12.2. The van der Waals surface area contributed by atoms with Crippen LogP contribution in [0.4, 0.5) is 5.69 Å². The normalized spacial score (nSPS) is 10.4. The van der Waals surface area contributed by atoms with E-state index in [2.05, 4.69) is 18.6 Å². The molecule has 3 heteroatoms. The monoisotopic (exact) mass is 280 g/mol. The summed E-state index contributed by atoms with van der Waals surface area (Å²) in [7, 11) is 0. The number of carbonyl (C=O) groups is 1. The molecule has 21 heavy (non-hydrogen) atoms. The van der Waals surface area contributed by atoms with Crippen molar-refractivity contribution in [2.45, 2.75) is 27.2 Å². The molecular weight excluding hydrogens is 260 g/mol. The molecule has 0 fully saturated rings. The first-order chi connectivity index (χ1) is 9.99. The maximum atomic E-state index is 11.7. The second-order valence-electron chi connectivity index (χ2n) is 5.15. The van der Waals surface area contributed by atoms with E-state index < -0.39 is 0 Å². The topological polar surface area (TPSA) is 55.4 Å². The van der Waals surface area contributed by atoms with Gasteiger partial charge >= 0.3 is 0 Å². The van der Waals surface area contributed by atoms with Gasteiger partial charge in [0, 0.05) is 5.56 Å². The maximum absolute atomic E-state index is 11.7. The largest absolute Gasteiger partial charge is 0.366 e. The first-order valence-electron chi connectivity index (χ1n) is 6.99. The molecule has 0 saturated carbocycles. The highest BCUT2D eigenvalue weighted by molar-refractivity contribution is 5.97. The molecule has 0 aliphatic heterocycles. The van der Waals surface area contributed by atoms with Gasteiger partial charge in [0.15, 0.2) is 0 Å². The number of rotatable bonds is 4. The van der Waals surface area contributed by atoms with Gasteiger partial charge in [-0.25, -0.2) is 0 Å². The van der Waals surface area contributed by atoms with Gasteiger partial charge in [-0.1, -0.05) is 25.1 Å². The Morgan fingerprint density at radius 3 is 2.57 bits per heavy atom. The van der Waals surface area contributed by atoms with Crippen LogP contribution < -0.4 is 5.73 Å². The van der Waals surface area contributed by atoms with Crippen LogP contribution in [0.25, 0.3) is 11.1 Å². The number of hydrogen-bond donors (Lipinski definition) is 1. The average Bonchev–Trinajstić information content (AvgIpc) is 2.46. The zero-order chi connectivity index (χ0) is 15.6. The number of aliphatic imine (C=N–C) groups is 1. The van der Waals surface area contributed by atoms with Gasteiger partial charge in [-0.2, -0.15) is 0 Å². The van der Waals surface area contributed by atoms with E-state index >= 15 is 0 Å². The zero-order valence-corrected chi connectivity index (χ0v) is 12.7. The van der Waals surface area contributed by atoms with Crippen molar-refractivity contribution in [2.24, 2.45) is 10.7 Å². The van der Waals surface area contributed by atoms with Gasteiger partial charge in [-0.15, -0.1) is 0 Å². The molecule has 2 aromatic carbocycles. The van der Waals surface area contributed by atoms with Gasteiger partial charge < -0.3 is 5.73 Å². The summed E-state index contributed by atoms with van der Waals surface area (Å²) in [6.07, 6.45) is 0.841. The highest BCUT2D eigenvalue weighted by Crippen LogP contribution is 2.32. The molecule has 0 aliphatic rings. The number of nitrogens with zero attached hydrogens (tertiary/aromatic N) is 1. The Kier molecular flexibility index (Phi) is 4.22. The molecule has 0 heterocycles. The average molecular weight is 280 g/mol. The molecule has 0 spiro atoms. The fraction of sp³-hybridized carbons (Fsp3) is 0.222. The van der Waals surface area contributed by atoms with E-state index in [9.17, 15) is 4.79 Å². The van der Waals surface area contributed by atoms with Crippen molar-refractivity contribution < 1.29 is 4.79 Å². The predicted octanol–water partition coefficient (Wildman–Crippen LogP) is 3.96. The van der Waals surface area contributed by atoms with Crippen LogP contribution in [0.1, 0.15) is 34.0 Å². The van der Waals surface area contributed by atoms with Crippen molar-refractivity contribution in [1.82, 2.24) is 0 Å². The molecule has 0 aliphatic carbocycles. The van der Waals surface area contributed by atoms with Crippen LogP contribution in [0.5, 0.6) is 0 Å². The second kappa shape index (κ2) is 5.92. The van der Waals surface area contributed by atoms with Gasteiger partial charge in [0.25, 0.3) is 0 Å². The molecule has 1 amide bonds. The third-order valence-electron chi connectivity index (χ3n) is 3.85. The molecule has 0 unspecified atom stereocenters. The van der Waals surface area contributed by atoms with Gasteiger partial charge in [0.1, 0.15) is 0 Å². The van der Waals surface area contributed by atoms with Crippen LogP contribution in [0.15, 0.2) is 35.3 Å². The molecule has 0 radical (unpaired) electrons. The van der Waals surface area contributed by atoms with Crippen molar-refractivity contribution in [3.05, 3.63) is 52.6 Å². The van der Waals surface area contributed by atoms with E-state index in [1.807, 2.05) is 44.2 Å². The summed E-state index contributed by atoms with van der Waals surface area (Å²) in [5, 5.41) is 0. The summed E-state index contributed by atoms with van der Waals surface area (Å²) in [5.74, 6) is -0.368. The molecule has 108 valence electrons. The summed E-state index contributed by atoms with van der Waals surface area (Å²) in [6.45, 7) is 9.54. The lowest BCUT2D eigenvalue weighted by Gasteiger charge is -2.17. The minimum absolute atomic E-state index is 0.368. The van der Waals surface area contributed by atoms with Crippen molar-refractivity contribution >= 4 is 18.3 Å². The fourth-order valence-electron chi connectivity index (χ4n) is 2.89. The Labute approximate surface area is 125 Å². The number of hydrogen-bond acceptors (Lipinski definition) is 2. The van der Waals surface area contributed by atoms with Crippen LogP contribution >= 0.6 is 0 Å². The Morgan fingerprint density at radius 1 is 1.29 bits per heavy atom. The third kappa shape index (κ3) is 2.72. The molecule has 2 aromatic rings. The van der Waals surface area contributed by atoms with Crippen molar-refractivity contribution in [3.63, 3.8) is 0 Å². The molecule has 0 atom stereocenters. The third-order valence-corrected chi connectivity index (χ3v) is 3.85. The molecule has 0 aromatic heterocycles. The summed E-state index contributed by atoms with van der Waals surface area (Å²) < 4.78 is 0. The highest BCUT2D eigenvalue weighted by Gasteiger charge is 2.16. The Balaban J connectivity index is 2.74. The Hall–Kier alpha value is -2.42. The van der Waals surface area contributed by atoms with Crippen LogP contribution in [0.2, 0.25) is 0 Å². The molecule has 0 bridgehead atoms. The van der Waals surface area contributed by atoms with E-state index in [-0.39, 0.29) is 5.91 Å². The number of aryl methyl sites for hydroxylation is 1. The zero-order valence-electron chi connectivity index (χ0n) is 12.7. The van der Waals surface area contributed by atoms with E-state index in [0.717, 1.165) is 39.9 Å². The van der Waals surface area contributed by atoms with E-state index in [0.29, 0.717) is 5.56 Å². The second-order valence-corrected chi connectivity index (χ2v) is 5.15. The van der Waals surface area contributed by atoms with Gasteiger partial charge in [0.05, 0.1) is 5.69 Å². The van der Waals surface area contributed by atoms with Crippen LogP contribution in [0, 0.1) is 13.8 Å². The van der Waals surface area contributed by atoms with Crippen LogP contribution in [-0.2, 0) is 6.42 Å². The summed E-state index contributed by atoms with van der Waals surface area (Å²) >= 11 is 0. The lowest BCUT2D eigenvalue weighted by Crippen LogP contribution is -2.16. The summed E-state index contributed by atoms with van der Waals surface area (Å²) in [6, 6.07) is 9.97. The number of primary amides is 1. The number of amides is 1. The minimum Gasteiger partial charge on any atom is -0.366 e. The van der Waals surface area contributed by atoms with Crippen LogP contribution in [0.3, 0.4) is 0 Å². The Morgan fingerprint density at radius 2 is 2.00 bits per heavy atom. The first kappa shape index (κ1) is 15.0. The SMILES string of the molecule is C=Nc1cccc(-c2cc(C)c(C(N)=O)c(C)c2CC)c1. The first-order valence-corrected chi connectivity index (χ1v) is 6.99. The lowest BCUT2D eigenvalue weighted by atomic mass is 9.88. The number of nitrogens with two attached hydrogens (primary N) is 1. The predicted molar refractivity (Wildman–Crippen MR) is 88.5 cm³/mol. The minimum atomic E-state index is -0.368. The molecule has 3 nitrogen and oxygen atoms in total. The van der Waals surface area contributed by atoms with E-state index in [4.69, 9.17) is 5.73 Å². The maximum Gasteiger partial charge on any atom is 0.249 e. The van der Waals surface area contributed by atoms with Crippen molar-refractivity contribution in [2.75, 3.05) is 0 Å². The van der Waals surface area contributed by atoms with Crippen molar-refractivity contribution in [3.8, 4) is 11.1 Å². The van der Waals surface area contributed by atoms with Gasteiger partial charge in [0.2, 0.25) is 5.91 Å². The quantitative estimate of drug-likeness (QED) is 0.847. The number of benzene rings is 2. The Bertz CT molecular complexity index is 717. The smallest absolute Gasteiger partial charge is 0.249 e. The molecule has 2 N–H and O–H groups in total. The van der Waals surface area contributed by atoms with E-state index in [1.54, 1.807) is 0 Å².